The monoisotopic (exact) mass is 442 g/mol. The lowest BCUT2D eigenvalue weighted by Gasteiger charge is -2.13. The van der Waals surface area contributed by atoms with E-state index in [9.17, 15) is 4.79 Å². The molecule has 2 aromatic heterocycles. The molecule has 31 heavy (non-hydrogen) atoms. The van der Waals surface area contributed by atoms with Crippen LogP contribution in [0.3, 0.4) is 0 Å². The average Bonchev–Trinajstić information content (AvgIpc) is 3.13. The Morgan fingerprint density at radius 1 is 1.29 bits per heavy atom. The van der Waals surface area contributed by atoms with Gasteiger partial charge in [0.15, 0.2) is 5.82 Å². The Morgan fingerprint density at radius 2 is 2.10 bits per heavy atom. The summed E-state index contributed by atoms with van der Waals surface area (Å²) in [5.74, 6) is 1.25. The zero-order valence-corrected chi connectivity index (χ0v) is 19.3. The summed E-state index contributed by atoms with van der Waals surface area (Å²) in [4.78, 5) is 22.4. The van der Waals surface area contributed by atoms with Crippen LogP contribution in [0.5, 0.6) is 0 Å². The Balaban J connectivity index is 1.66. The first kappa shape index (κ1) is 22.9. The number of aromatic nitrogens is 3. The van der Waals surface area contributed by atoms with Gasteiger partial charge in [0.1, 0.15) is 17.9 Å². The summed E-state index contributed by atoms with van der Waals surface area (Å²) < 4.78 is 7.74. The molecule has 4 N–H and O–H groups in total. The summed E-state index contributed by atoms with van der Waals surface area (Å²) in [5, 5.41) is 5.80. The number of nitrogens with zero attached hydrogens (tertiary/aromatic N) is 3. The van der Waals surface area contributed by atoms with Crippen molar-refractivity contribution in [2.75, 3.05) is 30.5 Å². The number of ether oxygens (including phenoxy) is 1. The normalized spacial score (nSPS) is 11.1. The number of urea groups is 1. The minimum Gasteiger partial charge on any atom is -0.382 e. The van der Waals surface area contributed by atoms with E-state index in [0.717, 1.165) is 39.6 Å². The van der Waals surface area contributed by atoms with Crippen LogP contribution in [-0.4, -0.2) is 40.0 Å². The number of nitrogens with one attached hydrogen (secondary N) is 2. The quantitative estimate of drug-likeness (QED) is 0.340. The minimum absolute atomic E-state index is 0.219. The van der Waals surface area contributed by atoms with Crippen molar-refractivity contribution in [1.82, 2.24) is 19.9 Å². The maximum Gasteiger partial charge on any atom is 0.319 e. The molecule has 3 rings (SSSR count). The highest BCUT2D eigenvalue weighted by atomic mass is 32.2. The van der Waals surface area contributed by atoms with E-state index in [1.807, 2.05) is 51.3 Å². The van der Waals surface area contributed by atoms with E-state index in [-0.39, 0.29) is 6.03 Å². The van der Waals surface area contributed by atoms with Crippen molar-refractivity contribution < 1.29 is 9.53 Å². The molecule has 0 fully saturated rings. The molecule has 0 unspecified atom stereocenters. The lowest BCUT2D eigenvalue weighted by Crippen LogP contribution is -2.30. The molecular formula is C22H30N6O2S. The van der Waals surface area contributed by atoms with Gasteiger partial charge in [-0.1, -0.05) is 6.07 Å². The Kier molecular flexibility index (Phi) is 7.75. The molecule has 0 atom stereocenters. The molecule has 0 saturated heterocycles. The van der Waals surface area contributed by atoms with Gasteiger partial charge in [0.05, 0.1) is 5.52 Å². The van der Waals surface area contributed by atoms with Gasteiger partial charge in [-0.25, -0.2) is 14.8 Å². The SMILES string of the molecule is CCOCc1nc2c(N)nc(C)c(C)c2n1CCCNC(=O)Nc1cccc(SC)c1. The molecule has 0 aliphatic heterocycles. The molecule has 0 bridgehead atoms. The summed E-state index contributed by atoms with van der Waals surface area (Å²) in [5.41, 5.74) is 10.5. The molecule has 0 saturated carbocycles. The fraction of sp³-hybridized carbons (Fsp3) is 0.409. The highest BCUT2D eigenvalue weighted by Gasteiger charge is 2.17. The molecule has 0 radical (unpaired) electrons. The third-order valence-electron chi connectivity index (χ3n) is 5.08. The fourth-order valence-electron chi connectivity index (χ4n) is 3.41. The number of aryl methyl sites for hydroxylation is 3. The van der Waals surface area contributed by atoms with Gasteiger partial charge < -0.3 is 25.7 Å². The molecule has 2 heterocycles. The first-order valence-electron chi connectivity index (χ1n) is 10.3. The largest absolute Gasteiger partial charge is 0.382 e. The third kappa shape index (κ3) is 5.48. The van der Waals surface area contributed by atoms with Crippen molar-refractivity contribution in [3.8, 4) is 0 Å². The van der Waals surface area contributed by atoms with E-state index in [4.69, 9.17) is 10.5 Å². The summed E-state index contributed by atoms with van der Waals surface area (Å²) in [6.45, 7) is 8.15. The summed E-state index contributed by atoms with van der Waals surface area (Å²) in [6.07, 6.45) is 2.75. The highest BCUT2D eigenvalue weighted by molar-refractivity contribution is 7.98. The third-order valence-corrected chi connectivity index (χ3v) is 5.81. The van der Waals surface area contributed by atoms with E-state index in [2.05, 4.69) is 25.2 Å². The number of hydrogen-bond acceptors (Lipinski definition) is 6. The van der Waals surface area contributed by atoms with Gasteiger partial charge in [0.25, 0.3) is 0 Å². The first-order valence-corrected chi connectivity index (χ1v) is 11.6. The molecule has 0 aliphatic rings. The Hall–Kier alpha value is -2.78. The second-order valence-corrected chi connectivity index (χ2v) is 8.07. The number of pyridine rings is 1. The number of nitrogen functional groups attached to an aromatic ring is 1. The van der Waals surface area contributed by atoms with Crippen LogP contribution in [-0.2, 0) is 17.9 Å². The number of rotatable bonds is 9. The predicted octanol–water partition coefficient (Wildman–Crippen LogP) is 4.10. The zero-order valence-electron chi connectivity index (χ0n) is 18.5. The molecule has 8 nitrogen and oxygen atoms in total. The standard InChI is InChI=1S/C22H30N6O2S/c1-5-30-13-18-27-19-20(14(2)15(3)25-21(19)23)28(18)11-7-10-24-22(29)26-16-8-6-9-17(12-16)31-4/h6,8-9,12H,5,7,10-11,13H2,1-4H3,(H2,23,25)(H2,24,26,29). The van der Waals surface area contributed by atoms with Crippen LogP contribution in [0.15, 0.2) is 29.2 Å². The predicted molar refractivity (Wildman–Crippen MR) is 127 cm³/mol. The van der Waals surface area contributed by atoms with E-state index < -0.39 is 0 Å². The van der Waals surface area contributed by atoms with Gasteiger partial charge >= 0.3 is 6.03 Å². The topological polar surface area (TPSA) is 107 Å². The molecule has 0 aliphatic carbocycles. The van der Waals surface area contributed by atoms with Crippen molar-refractivity contribution in [3.05, 3.63) is 41.3 Å². The van der Waals surface area contributed by atoms with E-state index >= 15 is 0 Å². The molecule has 1 aromatic carbocycles. The van der Waals surface area contributed by atoms with Gasteiger partial charge in [-0.2, -0.15) is 0 Å². The number of thioether (sulfide) groups is 1. The minimum atomic E-state index is -0.219. The van der Waals surface area contributed by atoms with Crippen LogP contribution in [0.25, 0.3) is 11.0 Å². The molecule has 9 heteroatoms. The lowest BCUT2D eigenvalue weighted by molar-refractivity contribution is 0.126. The molecular weight excluding hydrogens is 412 g/mol. The number of nitrogens with two attached hydrogens (primary N) is 1. The number of hydrogen-bond donors (Lipinski definition) is 3. The highest BCUT2D eigenvalue weighted by Crippen LogP contribution is 2.26. The summed E-state index contributed by atoms with van der Waals surface area (Å²) in [7, 11) is 0. The number of benzene rings is 1. The van der Waals surface area contributed by atoms with Crippen LogP contribution < -0.4 is 16.4 Å². The maximum atomic E-state index is 12.2. The second-order valence-electron chi connectivity index (χ2n) is 7.19. The van der Waals surface area contributed by atoms with Crippen molar-refractivity contribution in [1.29, 1.82) is 0 Å². The molecule has 3 aromatic rings. The first-order chi connectivity index (χ1) is 14.9. The van der Waals surface area contributed by atoms with Crippen molar-refractivity contribution >= 4 is 40.3 Å². The molecule has 166 valence electrons. The average molecular weight is 443 g/mol. The van der Waals surface area contributed by atoms with Crippen LogP contribution >= 0.6 is 11.8 Å². The van der Waals surface area contributed by atoms with Crippen molar-refractivity contribution in [2.45, 2.75) is 45.2 Å². The Labute approximate surface area is 187 Å². The number of carbonyl (C=O) groups excluding carboxylic acids is 1. The number of imidazole rings is 1. The van der Waals surface area contributed by atoms with Gasteiger partial charge in [0.2, 0.25) is 0 Å². The van der Waals surface area contributed by atoms with Crippen LogP contribution in [0.1, 0.15) is 30.4 Å². The number of anilines is 2. The van der Waals surface area contributed by atoms with Gasteiger partial charge in [-0.3, -0.25) is 0 Å². The van der Waals surface area contributed by atoms with Gasteiger partial charge in [-0.05, 0) is 57.2 Å². The number of amides is 2. The maximum absolute atomic E-state index is 12.2. The second kappa shape index (κ2) is 10.5. The van der Waals surface area contributed by atoms with Crippen molar-refractivity contribution in [2.24, 2.45) is 0 Å². The van der Waals surface area contributed by atoms with Gasteiger partial charge in [0, 0.05) is 36.0 Å². The summed E-state index contributed by atoms with van der Waals surface area (Å²) >= 11 is 1.64. The smallest absolute Gasteiger partial charge is 0.319 e. The lowest BCUT2D eigenvalue weighted by atomic mass is 10.2. The van der Waals surface area contributed by atoms with Crippen LogP contribution in [0, 0.1) is 13.8 Å². The summed E-state index contributed by atoms with van der Waals surface area (Å²) in [6, 6.07) is 7.54. The Bertz CT molecular complexity index is 1070. The molecule has 2 amide bonds. The number of fused-ring (bicyclic) bond motifs is 1. The Morgan fingerprint density at radius 3 is 2.84 bits per heavy atom. The fourth-order valence-corrected chi connectivity index (χ4v) is 3.87. The van der Waals surface area contributed by atoms with E-state index in [1.165, 1.54) is 0 Å². The zero-order chi connectivity index (χ0) is 22.4. The van der Waals surface area contributed by atoms with Crippen molar-refractivity contribution in [3.63, 3.8) is 0 Å². The van der Waals surface area contributed by atoms with E-state index in [1.54, 1.807) is 11.8 Å². The van der Waals surface area contributed by atoms with E-state index in [0.29, 0.717) is 37.6 Å². The van der Waals surface area contributed by atoms with Crippen LogP contribution in [0.2, 0.25) is 0 Å². The van der Waals surface area contributed by atoms with Gasteiger partial charge in [-0.15, -0.1) is 11.8 Å². The van der Waals surface area contributed by atoms with Crippen LogP contribution in [0.4, 0.5) is 16.3 Å². The molecule has 0 spiro atoms. The number of carbonyl (C=O) groups is 1.